The molecule has 0 radical (unpaired) electrons. The molecule has 3 aromatic rings. The Kier molecular flexibility index (Phi) is 5.43. The third-order valence-corrected chi connectivity index (χ3v) is 5.81. The van der Waals surface area contributed by atoms with Crippen molar-refractivity contribution in [3.8, 4) is 11.1 Å². The fraction of sp³-hybridized carbons (Fsp3) is 0.227. The molecular weight excluding hydrogens is 340 g/mol. The maximum absolute atomic E-state index is 12.9. The maximum atomic E-state index is 12.9. The van der Waals surface area contributed by atoms with Gasteiger partial charge < -0.3 is 11.1 Å². The Bertz CT molecular complexity index is 929. The standard InChI is InChI=1S/C22H24N2OS/c1-4-18-19(17-11-10-14(2)15(3)12-17)20(21(23)26-18)22(25)24-13-16-8-6-5-7-9-16/h5-12H,4,13,23H2,1-3H3,(H,24,25). The number of hydrogen-bond donors (Lipinski definition) is 2. The van der Waals surface area contributed by atoms with Gasteiger partial charge in [0.05, 0.1) is 10.6 Å². The van der Waals surface area contributed by atoms with Crippen molar-refractivity contribution in [1.82, 2.24) is 5.32 Å². The fourth-order valence-corrected chi connectivity index (χ4v) is 4.07. The monoisotopic (exact) mass is 364 g/mol. The zero-order valence-electron chi connectivity index (χ0n) is 15.4. The van der Waals surface area contributed by atoms with Crippen LogP contribution in [0.1, 0.15) is 38.8 Å². The van der Waals surface area contributed by atoms with Crippen LogP contribution in [-0.2, 0) is 13.0 Å². The van der Waals surface area contributed by atoms with Crippen molar-refractivity contribution in [3.05, 3.63) is 75.7 Å². The summed E-state index contributed by atoms with van der Waals surface area (Å²) in [6.45, 7) is 6.77. The van der Waals surface area contributed by atoms with Crippen LogP contribution in [0.15, 0.2) is 48.5 Å². The number of nitrogen functional groups attached to an aromatic ring is 1. The third kappa shape index (κ3) is 3.65. The second-order valence-corrected chi connectivity index (χ2v) is 7.60. The number of anilines is 1. The largest absolute Gasteiger partial charge is 0.390 e. The molecule has 1 heterocycles. The molecule has 3 N–H and O–H groups in total. The molecule has 0 bridgehead atoms. The lowest BCUT2D eigenvalue weighted by Gasteiger charge is -2.11. The van der Waals surface area contributed by atoms with E-state index in [1.54, 1.807) is 0 Å². The molecule has 4 heteroatoms. The van der Waals surface area contributed by atoms with E-state index in [0.717, 1.165) is 28.0 Å². The summed E-state index contributed by atoms with van der Waals surface area (Å²) in [5.41, 5.74) is 12.4. The van der Waals surface area contributed by atoms with Crippen molar-refractivity contribution in [2.75, 3.05) is 5.73 Å². The normalized spacial score (nSPS) is 10.7. The Balaban J connectivity index is 1.97. The van der Waals surface area contributed by atoms with Gasteiger partial charge in [0.15, 0.2) is 0 Å². The van der Waals surface area contributed by atoms with Crippen molar-refractivity contribution in [3.63, 3.8) is 0 Å². The number of aryl methyl sites for hydroxylation is 3. The molecule has 0 spiro atoms. The summed E-state index contributed by atoms with van der Waals surface area (Å²) in [4.78, 5) is 14.1. The molecule has 2 aromatic carbocycles. The van der Waals surface area contributed by atoms with Crippen LogP contribution < -0.4 is 11.1 Å². The molecule has 0 atom stereocenters. The fourth-order valence-electron chi connectivity index (χ4n) is 3.04. The van der Waals surface area contributed by atoms with Gasteiger partial charge in [-0.2, -0.15) is 0 Å². The van der Waals surface area contributed by atoms with E-state index in [1.165, 1.54) is 22.5 Å². The first kappa shape index (κ1) is 18.2. The third-order valence-electron chi connectivity index (χ3n) is 4.65. The van der Waals surface area contributed by atoms with E-state index in [-0.39, 0.29) is 5.91 Å². The van der Waals surface area contributed by atoms with Gasteiger partial charge in [-0.1, -0.05) is 55.5 Å². The van der Waals surface area contributed by atoms with Crippen LogP contribution in [-0.4, -0.2) is 5.91 Å². The number of nitrogens with one attached hydrogen (secondary N) is 1. The maximum Gasteiger partial charge on any atom is 0.255 e. The molecule has 0 aliphatic carbocycles. The lowest BCUT2D eigenvalue weighted by molar-refractivity contribution is 0.0952. The van der Waals surface area contributed by atoms with Crippen LogP contribution in [0.25, 0.3) is 11.1 Å². The van der Waals surface area contributed by atoms with E-state index < -0.39 is 0 Å². The first-order chi connectivity index (χ1) is 12.5. The molecule has 0 saturated carbocycles. The summed E-state index contributed by atoms with van der Waals surface area (Å²) in [5.74, 6) is -0.115. The summed E-state index contributed by atoms with van der Waals surface area (Å²) in [5, 5.41) is 3.60. The SMILES string of the molecule is CCc1sc(N)c(C(=O)NCc2ccccc2)c1-c1ccc(C)c(C)c1. The Morgan fingerprint density at radius 1 is 1.08 bits per heavy atom. The Hall–Kier alpha value is -2.59. The van der Waals surface area contributed by atoms with E-state index in [0.29, 0.717) is 17.1 Å². The average molecular weight is 365 g/mol. The molecule has 26 heavy (non-hydrogen) atoms. The molecule has 1 aromatic heterocycles. The van der Waals surface area contributed by atoms with Crippen LogP contribution in [0.3, 0.4) is 0 Å². The van der Waals surface area contributed by atoms with Crippen molar-refractivity contribution >= 4 is 22.2 Å². The topological polar surface area (TPSA) is 55.1 Å². The lowest BCUT2D eigenvalue weighted by Crippen LogP contribution is -2.23. The number of rotatable bonds is 5. The molecule has 0 unspecified atom stereocenters. The van der Waals surface area contributed by atoms with Crippen molar-refractivity contribution in [2.45, 2.75) is 33.7 Å². The van der Waals surface area contributed by atoms with Gasteiger partial charge in [0, 0.05) is 17.0 Å². The van der Waals surface area contributed by atoms with Crippen molar-refractivity contribution in [2.24, 2.45) is 0 Å². The molecule has 134 valence electrons. The van der Waals surface area contributed by atoms with Crippen LogP contribution in [0.4, 0.5) is 5.00 Å². The number of thiophene rings is 1. The first-order valence-electron chi connectivity index (χ1n) is 8.82. The van der Waals surface area contributed by atoms with Gasteiger partial charge in [-0.3, -0.25) is 4.79 Å². The van der Waals surface area contributed by atoms with Crippen LogP contribution in [0.5, 0.6) is 0 Å². The number of amides is 1. The molecule has 0 aliphatic heterocycles. The summed E-state index contributed by atoms with van der Waals surface area (Å²) >= 11 is 1.51. The van der Waals surface area contributed by atoms with Gasteiger partial charge in [-0.15, -0.1) is 11.3 Å². The number of nitrogens with two attached hydrogens (primary N) is 1. The van der Waals surface area contributed by atoms with Gasteiger partial charge in [0.1, 0.15) is 0 Å². The zero-order valence-corrected chi connectivity index (χ0v) is 16.2. The average Bonchev–Trinajstić information content (AvgIpc) is 2.99. The molecule has 3 rings (SSSR count). The minimum absolute atomic E-state index is 0.115. The van der Waals surface area contributed by atoms with Gasteiger partial charge in [-0.05, 0) is 42.5 Å². The first-order valence-corrected chi connectivity index (χ1v) is 9.63. The second kappa shape index (κ2) is 7.75. The molecule has 0 fully saturated rings. The number of benzene rings is 2. The highest BCUT2D eigenvalue weighted by Gasteiger charge is 2.23. The minimum atomic E-state index is -0.115. The summed E-state index contributed by atoms with van der Waals surface area (Å²) < 4.78 is 0. The van der Waals surface area contributed by atoms with Gasteiger partial charge in [0.25, 0.3) is 5.91 Å². The van der Waals surface area contributed by atoms with Crippen molar-refractivity contribution < 1.29 is 4.79 Å². The molecular formula is C22H24N2OS. The number of hydrogen-bond acceptors (Lipinski definition) is 3. The molecule has 0 saturated heterocycles. The second-order valence-electron chi connectivity index (χ2n) is 6.46. The Morgan fingerprint density at radius 2 is 1.81 bits per heavy atom. The van der Waals surface area contributed by atoms with Crippen LogP contribution in [0.2, 0.25) is 0 Å². The quantitative estimate of drug-likeness (QED) is 0.661. The summed E-state index contributed by atoms with van der Waals surface area (Å²) in [6.07, 6.45) is 0.850. The van der Waals surface area contributed by atoms with Gasteiger partial charge >= 0.3 is 0 Å². The summed E-state index contributed by atoms with van der Waals surface area (Å²) in [7, 11) is 0. The van der Waals surface area contributed by atoms with E-state index >= 15 is 0 Å². The summed E-state index contributed by atoms with van der Waals surface area (Å²) in [6, 6.07) is 16.2. The molecule has 3 nitrogen and oxygen atoms in total. The number of carbonyl (C=O) groups is 1. The highest BCUT2D eigenvalue weighted by Crippen LogP contribution is 2.39. The zero-order chi connectivity index (χ0) is 18.7. The van der Waals surface area contributed by atoms with E-state index in [2.05, 4.69) is 44.3 Å². The Morgan fingerprint density at radius 3 is 2.46 bits per heavy atom. The van der Waals surface area contributed by atoms with E-state index in [1.807, 2.05) is 30.3 Å². The number of carbonyl (C=O) groups excluding carboxylic acids is 1. The van der Waals surface area contributed by atoms with Crippen molar-refractivity contribution in [1.29, 1.82) is 0 Å². The Labute approximate surface area is 158 Å². The predicted octanol–water partition coefficient (Wildman–Crippen LogP) is 5.11. The molecule has 0 aliphatic rings. The minimum Gasteiger partial charge on any atom is -0.390 e. The van der Waals surface area contributed by atoms with Gasteiger partial charge in [0.2, 0.25) is 0 Å². The highest BCUT2D eigenvalue weighted by atomic mass is 32.1. The van der Waals surface area contributed by atoms with E-state index in [4.69, 9.17) is 5.73 Å². The molecule has 1 amide bonds. The lowest BCUT2D eigenvalue weighted by atomic mass is 9.96. The smallest absolute Gasteiger partial charge is 0.255 e. The highest BCUT2D eigenvalue weighted by molar-refractivity contribution is 7.17. The van der Waals surface area contributed by atoms with E-state index in [9.17, 15) is 4.79 Å². The van der Waals surface area contributed by atoms with Gasteiger partial charge in [-0.25, -0.2) is 0 Å². The van der Waals surface area contributed by atoms with Crippen LogP contribution in [0, 0.1) is 13.8 Å². The van der Waals surface area contributed by atoms with Crippen LogP contribution >= 0.6 is 11.3 Å². The predicted molar refractivity (Wildman–Crippen MR) is 111 cm³/mol.